The molecule has 0 amide bonds. The molecule has 14 nitrogen and oxygen atoms in total. The van der Waals surface area contributed by atoms with E-state index >= 15 is 0 Å². The molecule has 224 valence electrons. The van der Waals surface area contributed by atoms with Crippen LogP contribution in [0.4, 0.5) is 16.3 Å². The third kappa shape index (κ3) is 5.70. The molecule has 16 heteroatoms. The third-order valence-electron chi connectivity index (χ3n) is 6.62. The predicted molar refractivity (Wildman–Crippen MR) is 150 cm³/mol. The Bertz CT molecular complexity index is 1630. The number of anilines is 2. The summed E-state index contributed by atoms with van der Waals surface area (Å²) in [6.45, 7) is 1.78. The van der Waals surface area contributed by atoms with E-state index in [0.29, 0.717) is 22.9 Å². The van der Waals surface area contributed by atoms with E-state index in [-0.39, 0.29) is 45.3 Å². The first kappa shape index (κ1) is 28.8. The molecule has 1 N–H and O–H groups in total. The molecule has 4 heterocycles. The summed E-state index contributed by atoms with van der Waals surface area (Å²) in [4.78, 5) is 22.2. The number of rotatable bonds is 10. The van der Waals surface area contributed by atoms with E-state index in [0.717, 1.165) is 12.4 Å². The van der Waals surface area contributed by atoms with E-state index in [9.17, 15) is 17.6 Å². The SMILES string of the molecule is CCOC(=O)[C@H]1C[C@H](S(=O)(=O)Nc2nnc(-c3ccco3)n2-c2c(OC)cccc2OC)CN(c2ncc(F)cn2)C1.[HH]. The molecule has 3 aromatic heterocycles. The van der Waals surface area contributed by atoms with Gasteiger partial charge in [-0.05, 0) is 37.6 Å². The molecule has 0 radical (unpaired) electrons. The van der Waals surface area contributed by atoms with Crippen LogP contribution in [-0.2, 0) is 19.6 Å². The van der Waals surface area contributed by atoms with E-state index in [1.807, 2.05) is 0 Å². The second-order valence-corrected chi connectivity index (χ2v) is 11.2. The van der Waals surface area contributed by atoms with Crippen molar-refractivity contribution in [2.24, 2.45) is 5.92 Å². The summed E-state index contributed by atoms with van der Waals surface area (Å²) in [7, 11) is -1.33. The standard InChI is InChI=1S/C26H28FN7O7S.H2/c1-4-40-24(35)16-11-18(15-33(14-16)25-28-12-17(27)13-29-25)42(36,37)32-26-31-30-23(21-9-6-10-41-21)34(26)22-19(38-2)7-5-8-20(22)39-3;/h5-10,12-13,16,18H,4,11,14-15H2,1-3H3,(H,31,32);1H/t16-,18-;/m0./s1. The molecule has 1 saturated heterocycles. The van der Waals surface area contributed by atoms with Crippen molar-refractivity contribution in [3.63, 3.8) is 0 Å². The van der Waals surface area contributed by atoms with Crippen molar-refractivity contribution in [3.05, 3.63) is 54.8 Å². The Hall–Kier alpha value is -4.73. The van der Waals surface area contributed by atoms with Crippen LogP contribution in [0, 0.1) is 11.7 Å². The lowest BCUT2D eigenvalue weighted by Crippen LogP contribution is -2.50. The minimum absolute atomic E-state index is 0. The Balaban J connectivity index is 0.00000423. The van der Waals surface area contributed by atoms with Gasteiger partial charge in [0.1, 0.15) is 17.2 Å². The minimum atomic E-state index is -4.26. The van der Waals surface area contributed by atoms with E-state index in [2.05, 4.69) is 24.9 Å². The zero-order valence-electron chi connectivity index (χ0n) is 22.9. The van der Waals surface area contributed by atoms with Crippen LogP contribution < -0.4 is 19.1 Å². The highest BCUT2D eigenvalue weighted by Gasteiger charge is 2.41. The van der Waals surface area contributed by atoms with Crippen molar-refractivity contribution in [1.29, 1.82) is 0 Å². The van der Waals surface area contributed by atoms with Gasteiger partial charge in [0.15, 0.2) is 11.6 Å². The van der Waals surface area contributed by atoms with Gasteiger partial charge in [0, 0.05) is 14.5 Å². The lowest BCUT2D eigenvalue weighted by molar-refractivity contribution is -0.148. The first-order chi connectivity index (χ1) is 20.2. The Morgan fingerprint density at radius 1 is 1.12 bits per heavy atom. The Morgan fingerprint density at radius 3 is 2.45 bits per heavy atom. The lowest BCUT2D eigenvalue weighted by Gasteiger charge is -2.36. The molecule has 1 fully saturated rings. The zero-order chi connectivity index (χ0) is 29.9. The van der Waals surface area contributed by atoms with Crippen LogP contribution in [0.3, 0.4) is 0 Å². The van der Waals surface area contributed by atoms with E-state index in [4.69, 9.17) is 18.6 Å². The smallest absolute Gasteiger partial charge is 0.310 e. The summed E-state index contributed by atoms with van der Waals surface area (Å²) in [6.07, 6.45) is 3.33. The quantitative estimate of drug-likeness (QED) is 0.264. The van der Waals surface area contributed by atoms with E-state index < -0.39 is 33.0 Å². The van der Waals surface area contributed by atoms with Gasteiger partial charge in [-0.15, -0.1) is 10.2 Å². The summed E-state index contributed by atoms with van der Waals surface area (Å²) in [5.41, 5.74) is 0.325. The second-order valence-electron chi connectivity index (χ2n) is 9.23. The van der Waals surface area contributed by atoms with Crippen molar-refractivity contribution in [2.75, 3.05) is 43.5 Å². The number of ether oxygens (including phenoxy) is 3. The summed E-state index contributed by atoms with van der Waals surface area (Å²) in [5, 5.41) is 7.18. The van der Waals surface area contributed by atoms with Gasteiger partial charge < -0.3 is 23.5 Å². The molecule has 42 heavy (non-hydrogen) atoms. The lowest BCUT2D eigenvalue weighted by atomic mass is 9.98. The number of para-hydroxylation sites is 1. The van der Waals surface area contributed by atoms with Gasteiger partial charge in [-0.3, -0.25) is 14.1 Å². The summed E-state index contributed by atoms with van der Waals surface area (Å²) in [5.74, 6) is -0.951. The average molecular weight is 604 g/mol. The number of methoxy groups -OCH3 is 2. The Morgan fingerprint density at radius 2 is 1.83 bits per heavy atom. The van der Waals surface area contributed by atoms with Gasteiger partial charge in [-0.25, -0.2) is 22.8 Å². The molecule has 0 spiro atoms. The number of carbonyl (C=O) groups is 1. The van der Waals surface area contributed by atoms with Crippen LogP contribution in [0.5, 0.6) is 11.5 Å². The topological polar surface area (TPSA) is 164 Å². The number of hydrogen-bond donors (Lipinski definition) is 1. The number of aromatic nitrogens is 5. The van der Waals surface area contributed by atoms with Gasteiger partial charge in [0.2, 0.25) is 27.7 Å². The molecule has 5 rings (SSSR count). The number of hydrogen-bond acceptors (Lipinski definition) is 12. The normalized spacial score (nSPS) is 17.1. The maximum atomic E-state index is 13.9. The number of sulfonamides is 1. The maximum Gasteiger partial charge on any atom is 0.310 e. The summed E-state index contributed by atoms with van der Waals surface area (Å²) >= 11 is 0. The van der Waals surface area contributed by atoms with Crippen LogP contribution >= 0.6 is 0 Å². The fourth-order valence-electron chi connectivity index (χ4n) is 4.73. The molecule has 0 bridgehead atoms. The van der Waals surface area contributed by atoms with Crippen molar-refractivity contribution in [1.82, 2.24) is 24.7 Å². The van der Waals surface area contributed by atoms with Crippen LogP contribution in [0.2, 0.25) is 0 Å². The molecule has 0 aliphatic carbocycles. The van der Waals surface area contributed by atoms with Crippen LogP contribution in [-0.4, -0.2) is 78.3 Å². The fraction of sp³-hybridized carbons (Fsp3) is 0.346. The Kier molecular flexibility index (Phi) is 8.24. The number of carbonyl (C=O) groups excluding carboxylic acids is 1. The monoisotopic (exact) mass is 603 g/mol. The first-order valence-corrected chi connectivity index (χ1v) is 14.4. The molecule has 4 aromatic rings. The van der Waals surface area contributed by atoms with Crippen molar-refractivity contribution in [3.8, 4) is 28.8 Å². The highest BCUT2D eigenvalue weighted by Crippen LogP contribution is 2.38. The van der Waals surface area contributed by atoms with Crippen molar-refractivity contribution in [2.45, 2.75) is 18.6 Å². The van der Waals surface area contributed by atoms with Crippen LogP contribution in [0.15, 0.2) is 53.4 Å². The number of nitrogens with one attached hydrogen (secondary N) is 1. The molecular weight excluding hydrogens is 573 g/mol. The predicted octanol–water partition coefficient (Wildman–Crippen LogP) is 2.92. The van der Waals surface area contributed by atoms with E-state index in [1.165, 1.54) is 29.9 Å². The zero-order valence-corrected chi connectivity index (χ0v) is 23.7. The number of halogens is 1. The molecule has 0 saturated carbocycles. The third-order valence-corrected chi connectivity index (χ3v) is 8.31. The molecule has 0 unspecified atom stereocenters. The van der Waals surface area contributed by atoms with Crippen molar-refractivity contribution >= 4 is 27.9 Å². The van der Waals surface area contributed by atoms with E-state index in [1.54, 1.807) is 37.3 Å². The number of piperidine rings is 1. The van der Waals surface area contributed by atoms with Gasteiger partial charge >= 0.3 is 5.97 Å². The average Bonchev–Trinajstić information content (AvgIpc) is 3.67. The second kappa shape index (κ2) is 12.0. The van der Waals surface area contributed by atoms with Gasteiger partial charge in [0.25, 0.3) is 0 Å². The highest BCUT2D eigenvalue weighted by atomic mass is 32.2. The van der Waals surface area contributed by atoms with Gasteiger partial charge in [0.05, 0.1) is 50.7 Å². The summed E-state index contributed by atoms with van der Waals surface area (Å²) < 4.78 is 67.2. The fourth-order valence-corrected chi connectivity index (χ4v) is 6.15. The van der Waals surface area contributed by atoms with Crippen molar-refractivity contribution < 1.29 is 37.7 Å². The van der Waals surface area contributed by atoms with Crippen LogP contribution in [0.25, 0.3) is 17.3 Å². The van der Waals surface area contributed by atoms with Gasteiger partial charge in [-0.1, -0.05) is 6.07 Å². The summed E-state index contributed by atoms with van der Waals surface area (Å²) in [6, 6.07) is 8.36. The first-order valence-electron chi connectivity index (χ1n) is 12.9. The number of furan rings is 1. The number of nitrogens with zero attached hydrogens (tertiary/aromatic N) is 6. The largest absolute Gasteiger partial charge is 0.494 e. The molecule has 1 aliphatic rings. The maximum absolute atomic E-state index is 13.9. The molecule has 1 aliphatic heterocycles. The Labute approximate surface area is 242 Å². The highest BCUT2D eigenvalue weighted by molar-refractivity contribution is 7.93. The van der Waals surface area contributed by atoms with Gasteiger partial charge in [-0.2, -0.15) is 0 Å². The minimum Gasteiger partial charge on any atom is -0.494 e. The number of esters is 1. The van der Waals surface area contributed by atoms with Crippen LogP contribution in [0.1, 0.15) is 14.8 Å². The molecule has 2 atom stereocenters. The molecule has 1 aromatic carbocycles. The molecular formula is C26H30FN7O7S. The number of benzene rings is 1.